The first-order valence-corrected chi connectivity index (χ1v) is 9.08. The van der Waals surface area contributed by atoms with E-state index in [9.17, 15) is 14.3 Å². The molecule has 2 nitrogen and oxygen atoms in total. The minimum Gasteiger partial charge on any atom is -0.550 e. The standard InChI is InChI=1S/C20H31FO2.Na/c1-3-5-7-9-11-17-13-16(15-19(22)23)14-18(20(17)21)12-10-8-6-4-2;/h13-14H,3-12,15H2,1-2H3,(H,22,23);/q;+1/p-1. The van der Waals surface area contributed by atoms with Gasteiger partial charge in [0.05, 0.1) is 0 Å². The molecule has 0 aromatic heterocycles. The molecule has 0 aliphatic rings. The number of carboxylic acid groups (broad SMARTS) is 1. The molecule has 0 spiro atoms. The van der Waals surface area contributed by atoms with E-state index in [0.717, 1.165) is 51.4 Å². The van der Waals surface area contributed by atoms with E-state index in [4.69, 9.17) is 0 Å². The van der Waals surface area contributed by atoms with Gasteiger partial charge in [-0.3, -0.25) is 0 Å². The second-order valence-corrected chi connectivity index (χ2v) is 6.40. The summed E-state index contributed by atoms with van der Waals surface area (Å²) in [6.07, 6.45) is 9.94. The van der Waals surface area contributed by atoms with E-state index in [-0.39, 0.29) is 41.8 Å². The van der Waals surface area contributed by atoms with Crippen LogP contribution >= 0.6 is 0 Å². The number of aryl methyl sites for hydroxylation is 2. The molecule has 1 aromatic rings. The topological polar surface area (TPSA) is 40.1 Å². The van der Waals surface area contributed by atoms with Crippen molar-refractivity contribution in [2.24, 2.45) is 0 Å². The van der Waals surface area contributed by atoms with Crippen molar-refractivity contribution in [1.29, 1.82) is 0 Å². The molecule has 0 amide bonds. The molecule has 0 bridgehead atoms. The third-order valence-corrected chi connectivity index (χ3v) is 4.23. The number of benzene rings is 1. The molecule has 0 fully saturated rings. The average Bonchev–Trinajstić information content (AvgIpc) is 2.51. The number of rotatable bonds is 12. The van der Waals surface area contributed by atoms with Gasteiger partial charge in [0.25, 0.3) is 0 Å². The Balaban J connectivity index is 0.00000529. The van der Waals surface area contributed by atoms with E-state index in [1.54, 1.807) is 12.1 Å². The molecule has 0 saturated carbocycles. The second kappa shape index (κ2) is 13.9. The van der Waals surface area contributed by atoms with Crippen LogP contribution in [0.5, 0.6) is 0 Å². The summed E-state index contributed by atoms with van der Waals surface area (Å²) in [7, 11) is 0. The summed E-state index contributed by atoms with van der Waals surface area (Å²) >= 11 is 0. The van der Waals surface area contributed by atoms with Crippen molar-refractivity contribution in [2.45, 2.75) is 84.5 Å². The molecule has 24 heavy (non-hydrogen) atoms. The first-order chi connectivity index (χ1) is 11.1. The van der Waals surface area contributed by atoms with E-state index < -0.39 is 5.97 Å². The fraction of sp³-hybridized carbons (Fsp3) is 0.650. The van der Waals surface area contributed by atoms with Crippen molar-refractivity contribution in [3.8, 4) is 0 Å². The largest absolute Gasteiger partial charge is 1.00 e. The van der Waals surface area contributed by atoms with Crippen LogP contribution in [-0.2, 0) is 24.1 Å². The zero-order valence-corrected chi connectivity index (χ0v) is 17.6. The zero-order chi connectivity index (χ0) is 17.1. The molecule has 0 aliphatic heterocycles. The van der Waals surface area contributed by atoms with Crippen molar-refractivity contribution in [1.82, 2.24) is 0 Å². The van der Waals surface area contributed by atoms with Crippen molar-refractivity contribution in [3.63, 3.8) is 0 Å². The summed E-state index contributed by atoms with van der Waals surface area (Å²) in [6.45, 7) is 4.30. The molecular weight excluding hydrogens is 314 g/mol. The maximum absolute atomic E-state index is 14.6. The molecule has 0 N–H and O–H groups in total. The first kappa shape index (κ1) is 23.6. The quantitative estimate of drug-likeness (QED) is 0.424. The van der Waals surface area contributed by atoms with Crippen LogP contribution in [0, 0.1) is 5.82 Å². The molecular formula is C20H30FNaO2. The Morgan fingerprint density at radius 2 is 1.38 bits per heavy atom. The summed E-state index contributed by atoms with van der Waals surface area (Å²) in [5.74, 6) is -1.23. The molecule has 0 atom stereocenters. The summed E-state index contributed by atoms with van der Waals surface area (Å²) in [4.78, 5) is 10.9. The third-order valence-electron chi connectivity index (χ3n) is 4.23. The van der Waals surface area contributed by atoms with E-state index in [2.05, 4.69) is 13.8 Å². The van der Waals surface area contributed by atoms with Gasteiger partial charge in [0.1, 0.15) is 5.82 Å². The normalized spacial score (nSPS) is 10.5. The zero-order valence-electron chi connectivity index (χ0n) is 15.6. The van der Waals surface area contributed by atoms with Gasteiger partial charge >= 0.3 is 29.6 Å². The number of carbonyl (C=O) groups is 1. The van der Waals surface area contributed by atoms with Crippen LogP contribution in [0.15, 0.2) is 12.1 Å². The van der Waals surface area contributed by atoms with Gasteiger partial charge in [0, 0.05) is 12.4 Å². The Bertz CT molecular complexity index is 456. The maximum atomic E-state index is 14.6. The number of halogens is 1. The van der Waals surface area contributed by atoms with Crippen molar-refractivity contribution in [2.75, 3.05) is 0 Å². The Morgan fingerprint density at radius 3 is 1.75 bits per heavy atom. The van der Waals surface area contributed by atoms with Crippen LogP contribution in [-0.4, -0.2) is 5.97 Å². The number of carboxylic acids is 1. The van der Waals surface area contributed by atoms with Crippen LogP contribution in [0.3, 0.4) is 0 Å². The summed E-state index contributed by atoms with van der Waals surface area (Å²) in [5.41, 5.74) is 2.01. The molecule has 0 aliphatic carbocycles. The first-order valence-electron chi connectivity index (χ1n) is 9.08. The minimum atomic E-state index is -1.11. The fourth-order valence-corrected chi connectivity index (χ4v) is 2.94. The number of hydrogen-bond donors (Lipinski definition) is 0. The molecule has 0 heterocycles. The van der Waals surface area contributed by atoms with Crippen LogP contribution in [0.25, 0.3) is 0 Å². The molecule has 0 saturated heterocycles. The van der Waals surface area contributed by atoms with Crippen LogP contribution < -0.4 is 34.7 Å². The van der Waals surface area contributed by atoms with Gasteiger partial charge in [0.2, 0.25) is 0 Å². The third kappa shape index (κ3) is 9.19. The van der Waals surface area contributed by atoms with E-state index in [1.165, 1.54) is 0 Å². The van der Waals surface area contributed by atoms with Crippen molar-refractivity contribution >= 4 is 5.97 Å². The van der Waals surface area contributed by atoms with Gasteiger partial charge < -0.3 is 9.90 Å². The number of hydrogen-bond acceptors (Lipinski definition) is 2. The van der Waals surface area contributed by atoms with Crippen LogP contribution in [0.1, 0.15) is 81.9 Å². The Kier molecular flexibility index (Phi) is 13.6. The monoisotopic (exact) mass is 344 g/mol. The van der Waals surface area contributed by atoms with Crippen LogP contribution in [0.2, 0.25) is 0 Å². The number of carbonyl (C=O) groups excluding carboxylic acids is 1. The van der Waals surface area contributed by atoms with Gasteiger partial charge in [-0.05, 0) is 42.4 Å². The molecule has 130 valence electrons. The molecule has 1 rings (SSSR count). The van der Waals surface area contributed by atoms with E-state index in [1.807, 2.05) is 0 Å². The molecule has 0 unspecified atom stereocenters. The summed E-state index contributed by atoms with van der Waals surface area (Å²) < 4.78 is 14.6. The van der Waals surface area contributed by atoms with E-state index >= 15 is 0 Å². The minimum absolute atomic E-state index is 0. The maximum Gasteiger partial charge on any atom is 1.00 e. The van der Waals surface area contributed by atoms with E-state index in [0.29, 0.717) is 29.5 Å². The average molecular weight is 344 g/mol. The Hall–Kier alpha value is -0.380. The van der Waals surface area contributed by atoms with Gasteiger partial charge in [-0.15, -0.1) is 0 Å². The van der Waals surface area contributed by atoms with Crippen molar-refractivity contribution < 1.29 is 43.8 Å². The predicted octanol–water partition coefficient (Wildman–Crippen LogP) is 1.37. The number of unbranched alkanes of at least 4 members (excludes halogenated alkanes) is 6. The molecule has 4 heteroatoms. The predicted molar refractivity (Wildman–Crippen MR) is 90.8 cm³/mol. The SMILES string of the molecule is CCCCCCc1cc(CC(=O)[O-])cc(CCCCCC)c1F.[Na+]. The molecule has 0 radical (unpaired) electrons. The van der Waals surface area contributed by atoms with Crippen molar-refractivity contribution in [3.05, 3.63) is 34.6 Å². The van der Waals surface area contributed by atoms with Gasteiger partial charge in [-0.25, -0.2) is 4.39 Å². The van der Waals surface area contributed by atoms with Gasteiger partial charge in [-0.2, -0.15) is 0 Å². The van der Waals surface area contributed by atoms with Gasteiger partial charge in [-0.1, -0.05) is 64.5 Å². The fourth-order valence-electron chi connectivity index (χ4n) is 2.94. The number of aliphatic carboxylic acids is 1. The smallest absolute Gasteiger partial charge is 0.550 e. The van der Waals surface area contributed by atoms with Gasteiger partial charge in [0.15, 0.2) is 0 Å². The molecule has 1 aromatic carbocycles. The second-order valence-electron chi connectivity index (χ2n) is 6.40. The summed E-state index contributed by atoms with van der Waals surface area (Å²) in [5, 5.41) is 10.9. The Labute approximate surface area is 168 Å². The summed E-state index contributed by atoms with van der Waals surface area (Å²) in [6, 6.07) is 3.43. The van der Waals surface area contributed by atoms with Crippen LogP contribution in [0.4, 0.5) is 4.39 Å². The Morgan fingerprint density at radius 1 is 0.917 bits per heavy atom.